The maximum absolute atomic E-state index is 13.1. The van der Waals surface area contributed by atoms with Crippen molar-refractivity contribution in [1.29, 1.82) is 0 Å². The lowest BCUT2D eigenvalue weighted by Gasteiger charge is -2.25. The number of benzene rings is 2. The fraction of sp³-hybridized carbons (Fsp3) is 0.417. The molecule has 4 rings (SSSR count). The Kier molecular flexibility index (Phi) is 6.35. The van der Waals surface area contributed by atoms with Crippen molar-refractivity contribution >= 4 is 0 Å². The summed E-state index contributed by atoms with van der Waals surface area (Å²) in [4.78, 5) is 4.65. The van der Waals surface area contributed by atoms with E-state index in [1.165, 1.54) is 31.5 Å². The highest BCUT2D eigenvalue weighted by Crippen LogP contribution is 2.30. The van der Waals surface area contributed by atoms with E-state index in [0.717, 1.165) is 36.4 Å². The van der Waals surface area contributed by atoms with Gasteiger partial charge in [0.05, 0.1) is 6.61 Å². The van der Waals surface area contributed by atoms with Gasteiger partial charge < -0.3 is 19.3 Å². The number of halogens is 1. The molecule has 0 bridgehead atoms. The highest BCUT2D eigenvalue weighted by atomic mass is 19.1. The second kappa shape index (κ2) is 9.31. The van der Waals surface area contributed by atoms with Crippen molar-refractivity contribution in [2.75, 3.05) is 19.7 Å². The van der Waals surface area contributed by atoms with Crippen molar-refractivity contribution in [3.63, 3.8) is 0 Å². The Morgan fingerprint density at radius 3 is 2.62 bits per heavy atom. The van der Waals surface area contributed by atoms with Crippen LogP contribution in [0.3, 0.4) is 0 Å². The maximum atomic E-state index is 13.1. The van der Waals surface area contributed by atoms with Crippen LogP contribution in [0, 0.1) is 5.82 Å². The Morgan fingerprint density at radius 2 is 1.90 bits per heavy atom. The largest absolute Gasteiger partial charge is 0.494 e. The first-order valence-electron chi connectivity index (χ1n) is 10.5. The van der Waals surface area contributed by atoms with Crippen molar-refractivity contribution in [3.8, 4) is 5.75 Å². The Morgan fingerprint density at radius 1 is 1.10 bits per heavy atom. The summed E-state index contributed by atoms with van der Waals surface area (Å²) in [6.07, 6.45) is 7.15. The molecular formula is C24H29FN2O2. The van der Waals surface area contributed by atoms with Gasteiger partial charge in [-0.05, 0) is 74.7 Å². The highest BCUT2D eigenvalue weighted by Gasteiger charge is 2.23. The first-order chi connectivity index (χ1) is 14.2. The molecular weight excluding hydrogens is 367 g/mol. The van der Waals surface area contributed by atoms with E-state index in [-0.39, 0.29) is 12.0 Å². The molecule has 0 saturated carbocycles. The van der Waals surface area contributed by atoms with Gasteiger partial charge >= 0.3 is 0 Å². The van der Waals surface area contributed by atoms with E-state index in [9.17, 15) is 4.39 Å². The Labute approximate surface area is 172 Å². The van der Waals surface area contributed by atoms with Gasteiger partial charge in [-0.15, -0.1) is 0 Å². The van der Waals surface area contributed by atoms with Gasteiger partial charge in [-0.3, -0.25) is 0 Å². The first kappa shape index (κ1) is 19.8. The molecule has 1 fully saturated rings. The first-order valence-corrected chi connectivity index (χ1v) is 10.5. The minimum Gasteiger partial charge on any atom is -0.494 e. The van der Waals surface area contributed by atoms with Crippen molar-refractivity contribution in [2.45, 2.75) is 45.0 Å². The molecule has 0 spiro atoms. The summed E-state index contributed by atoms with van der Waals surface area (Å²) in [6.45, 7) is 6.04. The molecule has 5 heteroatoms. The fourth-order valence-electron chi connectivity index (χ4n) is 4.06. The lowest BCUT2D eigenvalue weighted by atomic mass is 10.1. The van der Waals surface area contributed by atoms with Crippen LogP contribution < -0.4 is 4.74 Å². The van der Waals surface area contributed by atoms with Crippen LogP contribution in [0.15, 0.2) is 61.0 Å². The third-order valence-electron chi connectivity index (χ3n) is 5.75. The number of likely N-dealkylation sites (tertiary alicyclic amines) is 1. The molecule has 2 aromatic rings. The minimum absolute atomic E-state index is 0.175. The van der Waals surface area contributed by atoms with Crippen LogP contribution in [0.1, 0.15) is 43.5 Å². The normalized spacial score (nSPS) is 21.5. The average Bonchev–Trinajstić information content (AvgIpc) is 3.36. The van der Waals surface area contributed by atoms with E-state index in [2.05, 4.69) is 16.7 Å². The minimum atomic E-state index is -0.218. The molecule has 0 aromatic heterocycles. The molecule has 2 aliphatic heterocycles. The summed E-state index contributed by atoms with van der Waals surface area (Å²) in [5.41, 5.74) is 2.11. The summed E-state index contributed by atoms with van der Waals surface area (Å²) >= 11 is 0. The SMILES string of the molecule is CC1CCCN1CCCOc1ccc(C2OC=CN2Cc2ccc(F)cc2)cc1. The summed E-state index contributed by atoms with van der Waals surface area (Å²) in [5, 5.41) is 0. The number of rotatable bonds is 8. The van der Waals surface area contributed by atoms with Crippen molar-refractivity contribution in [3.05, 3.63) is 77.9 Å². The van der Waals surface area contributed by atoms with Crippen LogP contribution in [-0.2, 0) is 11.3 Å². The van der Waals surface area contributed by atoms with E-state index < -0.39 is 0 Å². The molecule has 1 saturated heterocycles. The second-order valence-electron chi connectivity index (χ2n) is 7.87. The van der Waals surface area contributed by atoms with Gasteiger partial charge in [0.1, 0.15) is 17.8 Å². The zero-order chi connectivity index (χ0) is 20.1. The molecule has 2 aliphatic rings. The highest BCUT2D eigenvalue weighted by molar-refractivity contribution is 5.29. The molecule has 154 valence electrons. The lowest BCUT2D eigenvalue weighted by molar-refractivity contribution is 0.0523. The number of nitrogens with zero attached hydrogens (tertiary/aromatic N) is 2. The monoisotopic (exact) mass is 396 g/mol. The molecule has 2 heterocycles. The number of hydrogen-bond acceptors (Lipinski definition) is 4. The Bertz CT molecular complexity index is 807. The topological polar surface area (TPSA) is 24.9 Å². The van der Waals surface area contributed by atoms with Crippen molar-refractivity contribution in [2.24, 2.45) is 0 Å². The molecule has 2 unspecified atom stereocenters. The smallest absolute Gasteiger partial charge is 0.197 e. The van der Waals surface area contributed by atoms with Gasteiger partial charge in [0.15, 0.2) is 6.23 Å². The zero-order valence-electron chi connectivity index (χ0n) is 17.0. The molecule has 0 amide bonds. The predicted octanol–water partition coefficient (Wildman–Crippen LogP) is 5.08. The predicted molar refractivity (Wildman–Crippen MR) is 112 cm³/mol. The quantitative estimate of drug-likeness (QED) is 0.581. The van der Waals surface area contributed by atoms with Crippen molar-refractivity contribution in [1.82, 2.24) is 9.80 Å². The van der Waals surface area contributed by atoms with E-state index in [1.54, 1.807) is 18.4 Å². The van der Waals surface area contributed by atoms with Gasteiger partial charge in [0.25, 0.3) is 0 Å². The fourth-order valence-corrected chi connectivity index (χ4v) is 4.06. The van der Waals surface area contributed by atoms with Gasteiger partial charge in [-0.1, -0.05) is 12.1 Å². The van der Waals surface area contributed by atoms with Gasteiger partial charge in [-0.25, -0.2) is 4.39 Å². The Balaban J connectivity index is 1.27. The molecule has 0 aliphatic carbocycles. The molecule has 0 N–H and O–H groups in total. The third-order valence-corrected chi connectivity index (χ3v) is 5.75. The summed E-state index contributed by atoms with van der Waals surface area (Å²) < 4.78 is 24.8. The van der Waals surface area contributed by atoms with E-state index in [0.29, 0.717) is 12.6 Å². The standard InChI is InChI=1S/C24H29FN2O2/c1-19-4-2-13-26(19)14-3-16-28-23-11-7-21(8-12-23)24-27(15-17-29-24)18-20-5-9-22(25)10-6-20/h5-12,15,17,19,24H,2-4,13-14,16,18H2,1H3. The molecule has 4 nitrogen and oxygen atoms in total. The average molecular weight is 397 g/mol. The lowest BCUT2D eigenvalue weighted by Crippen LogP contribution is -2.28. The van der Waals surface area contributed by atoms with Crippen LogP contribution >= 0.6 is 0 Å². The summed E-state index contributed by atoms with van der Waals surface area (Å²) in [5.74, 6) is 0.670. The maximum Gasteiger partial charge on any atom is 0.197 e. The summed E-state index contributed by atoms with van der Waals surface area (Å²) in [6, 6.07) is 15.4. The van der Waals surface area contributed by atoms with E-state index in [4.69, 9.17) is 9.47 Å². The van der Waals surface area contributed by atoms with Crippen LogP contribution in [-0.4, -0.2) is 35.5 Å². The van der Waals surface area contributed by atoms with Crippen LogP contribution in [0.2, 0.25) is 0 Å². The van der Waals surface area contributed by atoms with E-state index in [1.807, 2.05) is 30.5 Å². The molecule has 2 aromatic carbocycles. The molecule has 0 radical (unpaired) electrons. The number of hydrogen-bond donors (Lipinski definition) is 0. The van der Waals surface area contributed by atoms with Crippen LogP contribution in [0.5, 0.6) is 5.75 Å². The van der Waals surface area contributed by atoms with Crippen LogP contribution in [0.25, 0.3) is 0 Å². The molecule has 2 atom stereocenters. The third kappa shape index (κ3) is 5.10. The van der Waals surface area contributed by atoms with Crippen LogP contribution in [0.4, 0.5) is 4.39 Å². The zero-order valence-corrected chi connectivity index (χ0v) is 17.0. The van der Waals surface area contributed by atoms with Gasteiger partial charge in [0, 0.05) is 30.9 Å². The molecule has 29 heavy (non-hydrogen) atoms. The number of ether oxygens (including phenoxy) is 2. The summed E-state index contributed by atoms with van der Waals surface area (Å²) in [7, 11) is 0. The van der Waals surface area contributed by atoms with Gasteiger partial charge in [-0.2, -0.15) is 0 Å². The van der Waals surface area contributed by atoms with Crippen molar-refractivity contribution < 1.29 is 13.9 Å². The Hall–Kier alpha value is -2.53. The van der Waals surface area contributed by atoms with Gasteiger partial charge in [0.2, 0.25) is 0 Å². The second-order valence-corrected chi connectivity index (χ2v) is 7.87. The van der Waals surface area contributed by atoms with E-state index >= 15 is 0 Å².